The summed E-state index contributed by atoms with van der Waals surface area (Å²) < 4.78 is 5.50. The first-order valence-electron chi connectivity index (χ1n) is 5.96. The lowest BCUT2D eigenvalue weighted by molar-refractivity contribution is 0.521. The van der Waals surface area contributed by atoms with Crippen LogP contribution >= 0.6 is 0 Å². The van der Waals surface area contributed by atoms with Gasteiger partial charge < -0.3 is 15.5 Å². The molecule has 17 heavy (non-hydrogen) atoms. The largest absolute Gasteiger partial charge is 0.441 e. The molecule has 1 heterocycles. The van der Waals surface area contributed by atoms with Gasteiger partial charge in [0.15, 0.2) is 11.5 Å². The van der Waals surface area contributed by atoms with Gasteiger partial charge in [0.2, 0.25) is 0 Å². The topological polar surface area (TPSA) is 64.1 Å². The van der Waals surface area contributed by atoms with E-state index < -0.39 is 0 Å². The Labute approximate surface area is 101 Å². The maximum absolute atomic E-state index is 5.57. The van der Waals surface area contributed by atoms with E-state index in [1.807, 2.05) is 19.1 Å². The van der Waals surface area contributed by atoms with Crippen LogP contribution in [0.3, 0.4) is 0 Å². The van der Waals surface area contributed by atoms with E-state index in [0.29, 0.717) is 18.4 Å². The molecule has 1 aromatic heterocycles. The van der Waals surface area contributed by atoms with Crippen molar-refractivity contribution in [3.8, 4) is 0 Å². The summed E-state index contributed by atoms with van der Waals surface area (Å²) in [5, 5.41) is 3.38. The van der Waals surface area contributed by atoms with E-state index in [2.05, 4.69) is 23.3 Å². The second-order valence-electron chi connectivity index (χ2n) is 4.51. The number of rotatable bonds is 5. The molecule has 4 nitrogen and oxygen atoms in total. The van der Waals surface area contributed by atoms with Crippen LogP contribution in [-0.2, 0) is 6.54 Å². The third kappa shape index (κ3) is 3.05. The van der Waals surface area contributed by atoms with Crippen molar-refractivity contribution in [2.75, 3.05) is 13.1 Å². The fourth-order valence-electron chi connectivity index (χ4n) is 1.74. The third-order valence-corrected chi connectivity index (χ3v) is 2.78. The third-order valence-electron chi connectivity index (χ3n) is 2.78. The maximum Gasteiger partial charge on any atom is 0.192 e. The SMILES string of the molecule is Cc1nc2ccc(CNCC(C)CN)cc2o1. The lowest BCUT2D eigenvalue weighted by Gasteiger charge is -2.09. The molecular formula is C13H19N3O. The monoisotopic (exact) mass is 233 g/mol. The molecule has 1 unspecified atom stereocenters. The fraction of sp³-hybridized carbons (Fsp3) is 0.462. The van der Waals surface area contributed by atoms with Gasteiger partial charge in [0.25, 0.3) is 0 Å². The number of aryl methyl sites for hydroxylation is 1. The predicted octanol–water partition coefficient (Wildman–Crippen LogP) is 1.82. The van der Waals surface area contributed by atoms with Gasteiger partial charge in [-0.15, -0.1) is 0 Å². The summed E-state index contributed by atoms with van der Waals surface area (Å²) in [4.78, 5) is 4.27. The number of oxazole rings is 1. The van der Waals surface area contributed by atoms with Crippen LogP contribution in [0.5, 0.6) is 0 Å². The van der Waals surface area contributed by atoms with Crippen LogP contribution in [0.25, 0.3) is 11.1 Å². The molecular weight excluding hydrogens is 214 g/mol. The van der Waals surface area contributed by atoms with E-state index in [1.165, 1.54) is 5.56 Å². The average molecular weight is 233 g/mol. The minimum atomic E-state index is 0.506. The Balaban J connectivity index is 1.99. The Kier molecular flexibility index (Phi) is 3.76. The van der Waals surface area contributed by atoms with Crippen LogP contribution in [0.2, 0.25) is 0 Å². The maximum atomic E-state index is 5.57. The molecule has 0 bridgehead atoms. The van der Waals surface area contributed by atoms with Gasteiger partial charge in [-0.05, 0) is 36.7 Å². The lowest BCUT2D eigenvalue weighted by Crippen LogP contribution is -2.25. The Morgan fingerprint density at radius 3 is 3.06 bits per heavy atom. The van der Waals surface area contributed by atoms with Gasteiger partial charge in [-0.3, -0.25) is 0 Å². The summed E-state index contributed by atoms with van der Waals surface area (Å²) in [6, 6.07) is 6.11. The summed E-state index contributed by atoms with van der Waals surface area (Å²) >= 11 is 0. The first-order chi connectivity index (χ1) is 8.19. The Hall–Kier alpha value is -1.39. The second-order valence-corrected chi connectivity index (χ2v) is 4.51. The zero-order chi connectivity index (χ0) is 12.3. The van der Waals surface area contributed by atoms with Crippen LogP contribution in [-0.4, -0.2) is 18.1 Å². The zero-order valence-corrected chi connectivity index (χ0v) is 10.4. The quantitative estimate of drug-likeness (QED) is 0.827. The van der Waals surface area contributed by atoms with Crippen LogP contribution in [0.4, 0.5) is 0 Å². The predicted molar refractivity (Wildman–Crippen MR) is 68.7 cm³/mol. The first kappa shape index (κ1) is 12.1. The van der Waals surface area contributed by atoms with Crippen molar-refractivity contribution >= 4 is 11.1 Å². The fourth-order valence-corrected chi connectivity index (χ4v) is 1.74. The van der Waals surface area contributed by atoms with Crippen LogP contribution in [0.15, 0.2) is 22.6 Å². The van der Waals surface area contributed by atoms with E-state index in [0.717, 1.165) is 24.2 Å². The highest BCUT2D eigenvalue weighted by Crippen LogP contribution is 2.16. The molecule has 0 spiro atoms. The number of fused-ring (bicyclic) bond motifs is 1. The molecule has 0 aliphatic heterocycles. The summed E-state index contributed by atoms with van der Waals surface area (Å²) in [7, 11) is 0. The molecule has 0 aliphatic rings. The van der Waals surface area contributed by atoms with Gasteiger partial charge in [-0.2, -0.15) is 0 Å². The van der Waals surface area contributed by atoms with Crippen LogP contribution in [0.1, 0.15) is 18.4 Å². The summed E-state index contributed by atoms with van der Waals surface area (Å²) in [6.45, 7) is 6.48. The second kappa shape index (κ2) is 5.29. The van der Waals surface area contributed by atoms with Crippen LogP contribution < -0.4 is 11.1 Å². The van der Waals surface area contributed by atoms with Gasteiger partial charge >= 0.3 is 0 Å². The van der Waals surface area contributed by atoms with E-state index in [-0.39, 0.29) is 0 Å². The Bertz CT molecular complexity index is 492. The van der Waals surface area contributed by atoms with Crippen molar-refractivity contribution in [2.45, 2.75) is 20.4 Å². The summed E-state index contributed by atoms with van der Waals surface area (Å²) in [5.41, 5.74) is 8.55. The Morgan fingerprint density at radius 2 is 2.29 bits per heavy atom. The number of nitrogens with one attached hydrogen (secondary N) is 1. The van der Waals surface area contributed by atoms with Gasteiger partial charge in [-0.1, -0.05) is 13.0 Å². The minimum absolute atomic E-state index is 0.506. The number of benzene rings is 1. The normalized spacial score (nSPS) is 13.1. The van der Waals surface area contributed by atoms with Gasteiger partial charge in [0.1, 0.15) is 5.52 Å². The number of hydrogen-bond donors (Lipinski definition) is 2. The first-order valence-corrected chi connectivity index (χ1v) is 5.96. The number of nitrogens with two attached hydrogens (primary N) is 1. The van der Waals surface area contributed by atoms with Crippen molar-refractivity contribution in [3.63, 3.8) is 0 Å². The molecule has 0 saturated carbocycles. The highest BCUT2D eigenvalue weighted by atomic mass is 16.3. The molecule has 4 heteroatoms. The molecule has 1 aromatic carbocycles. The molecule has 2 rings (SSSR count). The average Bonchev–Trinajstić information content (AvgIpc) is 2.68. The highest BCUT2D eigenvalue weighted by Gasteiger charge is 2.03. The van der Waals surface area contributed by atoms with Crippen molar-refractivity contribution in [3.05, 3.63) is 29.7 Å². The van der Waals surface area contributed by atoms with E-state index in [4.69, 9.17) is 10.2 Å². The van der Waals surface area contributed by atoms with Crippen molar-refractivity contribution in [2.24, 2.45) is 11.7 Å². The van der Waals surface area contributed by atoms with E-state index >= 15 is 0 Å². The molecule has 0 saturated heterocycles. The van der Waals surface area contributed by atoms with Crippen molar-refractivity contribution in [1.29, 1.82) is 0 Å². The van der Waals surface area contributed by atoms with Crippen LogP contribution in [0, 0.1) is 12.8 Å². The molecule has 2 aromatic rings. The number of nitrogens with zero attached hydrogens (tertiary/aromatic N) is 1. The highest BCUT2D eigenvalue weighted by molar-refractivity contribution is 5.73. The molecule has 1 atom stereocenters. The molecule has 0 radical (unpaired) electrons. The van der Waals surface area contributed by atoms with Gasteiger partial charge in [-0.25, -0.2) is 4.98 Å². The van der Waals surface area contributed by atoms with Gasteiger partial charge in [0.05, 0.1) is 0 Å². The zero-order valence-electron chi connectivity index (χ0n) is 10.4. The molecule has 92 valence electrons. The molecule has 0 amide bonds. The van der Waals surface area contributed by atoms with Crippen molar-refractivity contribution < 1.29 is 4.42 Å². The van der Waals surface area contributed by atoms with E-state index in [9.17, 15) is 0 Å². The van der Waals surface area contributed by atoms with E-state index in [1.54, 1.807) is 0 Å². The van der Waals surface area contributed by atoms with Gasteiger partial charge in [0, 0.05) is 13.5 Å². The molecule has 0 aliphatic carbocycles. The summed E-state index contributed by atoms with van der Waals surface area (Å²) in [5.74, 6) is 1.22. The molecule has 0 fully saturated rings. The van der Waals surface area contributed by atoms with Crippen molar-refractivity contribution in [1.82, 2.24) is 10.3 Å². The summed E-state index contributed by atoms with van der Waals surface area (Å²) in [6.07, 6.45) is 0. The number of hydrogen-bond acceptors (Lipinski definition) is 4. The standard InChI is InChI=1S/C13H19N3O/c1-9(6-14)7-15-8-11-3-4-12-13(5-11)17-10(2)16-12/h3-5,9,15H,6-8,14H2,1-2H3. The lowest BCUT2D eigenvalue weighted by atomic mass is 10.1. The smallest absolute Gasteiger partial charge is 0.192 e. The number of aromatic nitrogens is 1. The Morgan fingerprint density at radius 1 is 1.47 bits per heavy atom. The molecule has 3 N–H and O–H groups in total. The minimum Gasteiger partial charge on any atom is -0.441 e.